The van der Waals surface area contributed by atoms with Gasteiger partial charge in [0, 0.05) is 41.0 Å². The minimum absolute atomic E-state index is 0.00675. The van der Waals surface area contributed by atoms with E-state index >= 15 is 0 Å². The lowest BCUT2D eigenvalue weighted by atomic mass is 9.87. The van der Waals surface area contributed by atoms with E-state index in [4.69, 9.17) is 30.5 Å². The highest BCUT2D eigenvalue weighted by atomic mass is 35.5. The molecule has 0 spiro atoms. The standard InChI is InChI=1S/C63H70ClN7O15S2/c1-6-7-8-9-10-11-12-13-14-17-32-84-62(77)40-26-28-48(47(64)35-40)66-60(75)57(58(73)63(2,3)4)86-43-21-18-20-41(36-43)65-59(74)46-38-50(68-67-42-27-29-52(53(37-42)88(80,81)82)70-30-33-83-34-31-70)54-45(23-19-24-49(54)69-87(5,78)79)56(46)85-39-71-51-25-16-15-22-44(51)55(72)61(71)76/h15-16,18-29,35-38,57,69H,6-14,17,30-34,39H2,1-5H3,(H,65,74)(H,66,75)(H,80,81,82). The molecular formula is C63H70ClN7O15S2. The van der Waals surface area contributed by atoms with Crippen LogP contribution >= 0.6 is 11.6 Å². The number of sulfonamides is 1. The molecule has 8 rings (SSSR count). The smallest absolute Gasteiger partial charge is 0.338 e. The summed E-state index contributed by atoms with van der Waals surface area (Å²) in [6, 6.07) is 25.7. The van der Waals surface area contributed by atoms with Crippen molar-refractivity contribution in [3.05, 3.63) is 131 Å². The lowest BCUT2D eigenvalue weighted by molar-refractivity contribution is -0.140. The predicted molar refractivity (Wildman–Crippen MR) is 335 cm³/mol. The summed E-state index contributed by atoms with van der Waals surface area (Å²) < 4.78 is 87.6. The Morgan fingerprint density at radius 3 is 2.14 bits per heavy atom. The fraction of sp³-hybridized carbons (Fsp3) is 0.365. The first-order valence-corrected chi connectivity index (χ1v) is 32.5. The summed E-state index contributed by atoms with van der Waals surface area (Å²) in [5.74, 6) is -5.03. The van der Waals surface area contributed by atoms with Crippen molar-refractivity contribution < 1.29 is 69.1 Å². The van der Waals surface area contributed by atoms with E-state index in [1.54, 1.807) is 37.8 Å². The van der Waals surface area contributed by atoms with Crippen LogP contribution in [0.25, 0.3) is 10.8 Å². The van der Waals surface area contributed by atoms with Gasteiger partial charge in [-0.15, -0.1) is 5.11 Å². The molecule has 0 aromatic heterocycles. The lowest BCUT2D eigenvalue weighted by Crippen LogP contribution is -2.45. The average Bonchev–Trinajstić information content (AvgIpc) is 1.14. The van der Waals surface area contributed by atoms with E-state index in [2.05, 4.69) is 32.5 Å². The van der Waals surface area contributed by atoms with E-state index in [0.29, 0.717) is 26.3 Å². The van der Waals surface area contributed by atoms with Crippen LogP contribution in [-0.4, -0.2) is 109 Å². The van der Waals surface area contributed by atoms with Crippen molar-refractivity contribution in [2.45, 2.75) is 103 Å². The number of Topliss-reactive ketones (excluding diaryl/α,β-unsaturated/α-hetero) is 2. The van der Waals surface area contributed by atoms with Gasteiger partial charge in [-0.2, -0.15) is 13.5 Å². The number of carbonyl (C=O) groups is 6. The van der Waals surface area contributed by atoms with E-state index < -0.39 is 78.5 Å². The number of hydrogen-bond donors (Lipinski definition) is 4. The average molecular weight is 1260 g/mol. The summed E-state index contributed by atoms with van der Waals surface area (Å²) in [6.45, 7) is 7.90. The molecule has 1 fully saturated rings. The third kappa shape index (κ3) is 16.9. The quantitative estimate of drug-likeness (QED) is 0.00886. The highest BCUT2D eigenvalue weighted by Gasteiger charge is 2.38. The Hall–Kier alpha value is -8.29. The lowest BCUT2D eigenvalue weighted by Gasteiger charge is -2.30. The molecule has 6 aromatic rings. The third-order valence-electron chi connectivity index (χ3n) is 14.4. The molecule has 0 saturated carbocycles. The molecule has 6 aromatic carbocycles. The summed E-state index contributed by atoms with van der Waals surface area (Å²) in [6.07, 6.45) is 10.4. The maximum atomic E-state index is 15.0. The number of azo groups is 1. The maximum absolute atomic E-state index is 15.0. The molecule has 2 heterocycles. The van der Waals surface area contributed by atoms with Gasteiger partial charge in [0.2, 0.25) is 16.1 Å². The van der Waals surface area contributed by atoms with Gasteiger partial charge in [-0.3, -0.25) is 38.1 Å². The van der Waals surface area contributed by atoms with E-state index in [1.807, 2.05) is 0 Å². The molecule has 2 aliphatic heterocycles. The number of carbonyl (C=O) groups excluding carboxylic acids is 6. The molecule has 0 radical (unpaired) electrons. The van der Waals surface area contributed by atoms with E-state index in [-0.39, 0.29) is 90.4 Å². The Balaban J connectivity index is 1.08. The van der Waals surface area contributed by atoms with Crippen LogP contribution in [-0.2, 0) is 44.0 Å². The van der Waals surface area contributed by atoms with Crippen molar-refractivity contribution >= 4 is 118 Å². The fourth-order valence-corrected chi connectivity index (χ4v) is 11.5. The maximum Gasteiger partial charge on any atom is 0.338 e. The Labute approximate surface area is 516 Å². The van der Waals surface area contributed by atoms with Crippen LogP contribution in [0.3, 0.4) is 0 Å². The molecule has 466 valence electrons. The second kappa shape index (κ2) is 29.1. The number of ketones is 2. The zero-order valence-electron chi connectivity index (χ0n) is 49.4. The first-order valence-electron chi connectivity index (χ1n) is 28.8. The number of para-hydroxylation sites is 1. The van der Waals surface area contributed by atoms with Gasteiger partial charge in [0.05, 0.1) is 81.9 Å². The van der Waals surface area contributed by atoms with Gasteiger partial charge in [-0.05, 0) is 79.2 Å². The normalized spacial score (nSPS) is 14.0. The van der Waals surface area contributed by atoms with Crippen molar-refractivity contribution in [3.63, 3.8) is 0 Å². The molecule has 0 bridgehead atoms. The molecule has 1 atom stereocenters. The van der Waals surface area contributed by atoms with Gasteiger partial charge < -0.3 is 34.5 Å². The fourth-order valence-electron chi connectivity index (χ4n) is 9.96. The van der Waals surface area contributed by atoms with Gasteiger partial charge >= 0.3 is 11.9 Å². The van der Waals surface area contributed by atoms with Crippen LogP contribution in [0.2, 0.25) is 5.02 Å². The summed E-state index contributed by atoms with van der Waals surface area (Å²) in [5.41, 5.74) is -0.898. The topological polar surface area (TPSA) is 295 Å². The highest BCUT2D eigenvalue weighted by molar-refractivity contribution is 7.92. The molecule has 0 aliphatic carbocycles. The number of ether oxygens (including phenoxy) is 4. The van der Waals surface area contributed by atoms with Crippen LogP contribution in [0, 0.1) is 5.41 Å². The zero-order valence-corrected chi connectivity index (χ0v) is 51.8. The number of hydrogen-bond acceptors (Lipinski definition) is 17. The number of halogens is 1. The van der Waals surface area contributed by atoms with Crippen LogP contribution in [0.15, 0.2) is 124 Å². The van der Waals surface area contributed by atoms with Crippen LogP contribution in [0.5, 0.6) is 11.5 Å². The number of amides is 3. The van der Waals surface area contributed by atoms with Crippen molar-refractivity contribution in [2.24, 2.45) is 15.6 Å². The van der Waals surface area contributed by atoms with Crippen molar-refractivity contribution in [3.8, 4) is 11.5 Å². The number of anilines is 5. The van der Waals surface area contributed by atoms with Crippen LogP contribution in [0.4, 0.5) is 39.8 Å². The molecule has 88 heavy (non-hydrogen) atoms. The van der Waals surface area contributed by atoms with Crippen molar-refractivity contribution in [2.75, 3.05) is 71.1 Å². The van der Waals surface area contributed by atoms with Gasteiger partial charge in [0.1, 0.15) is 16.4 Å². The molecule has 1 unspecified atom stereocenters. The van der Waals surface area contributed by atoms with Gasteiger partial charge in [0.15, 0.2) is 12.5 Å². The number of unbranched alkanes of at least 4 members (excludes halogenated alkanes) is 9. The second-order valence-corrected chi connectivity index (χ2v) is 25.8. The predicted octanol–water partition coefficient (Wildman–Crippen LogP) is 12.3. The number of benzene rings is 6. The van der Waals surface area contributed by atoms with Gasteiger partial charge in [0.25, 0.3) is 27.7 Å². The first kappa shape index (κ1) is 65.7. The second-order valence-electron chi connectivity index (χ2n) is 22.3. The number of nitrogens with one attached hydrogen (secondary N) is 3. The molecule has 1 saturated heterocycles. The number of rotatable bonds is 28. The van der Waals surface area contributed by atoms with Crippen LogP contribution in [0.1, 0.15) is 123 Å². The number of esters is 1. The largest absolute Gasteiger partial charge is 0.473 e. The Morgan fingerprint density at radius 1 is 0.761 bits per heavy atom. The summed E-state index contributed by atoms with van der Waals surface area (Å²) >= 11 is 6.61. The van der Waals surface area contributed by atoms with Gasteiger partial charge in [-0.1, -0.05) is 127 Å². The summed E-state index contributed by atoms with van der Waals surface area (Å²) in [7, 11) is -8.86. The first-order chi connectivity index (χ1) is 41.9. The molecule has 22 nitrogen and oxygen atoms in total. The minimum Gasteiger partial charge on any atom is -0.473 e. The van der Waals surface area contributed by atoms with Crippen molar-refractivity contribution in [1.82, 2.24) is 0 Å². The SMILES string of the molecule is CCCCCCCCCCCCOC(=O)c1ccc(NC(=O)C(Oc2cccc(NC(=O)c3cc(N=Nc4ccc(N5CCOCC5)c(S(=O)(=O)O)c4)c4c(NS(C)(=O)=O)cccc4c3OCN3C(=O)C(=O)c4ccccc43)c2)C(=O)C(C)(C)C)c(Cl)c1. The molecule has 2 aliphatic rings. The Morgan fingerprint density at radius 2 is 1.45 bits per heavy atom. The van der Waals surface area contributed by atoms with Crippen molar-refractivity contribution in [1.29, 1.82) is 0 Å². The zero-order chi connectivity index (χ0) is 63.3. The minimum atomic E-state index is -4.84. The third-order valence-corrected chi connectivity index (χ3v) is 16.2. The number of morpholine rings is 1. The van der Waals surface area contributed by atoms with E-state index in [1.165, 1.54) is 130 Å². The monoisotopic (exact) mass is 1260 g/mol. The summed E-state index contributed by atoms with van der Waals surface area (Å²) in [5, 5.41) is 14.2. The number of fused-ring (bicyclic) bond motifs is 2. The molecular weight excluding hydrogens is 1190 g/mol. The number of nitrogens with zero attached hydrogens (tertiary/aromatic N) is 4. The van der Waals surface area contributed by atoms with Crippen LogP contribution < -0.4 is 34.6 Å². The van der Waals surface area contributed by atoms with Gasteiger partial charge in [-0.25, -0.2) is 13.2 Å². The summed E-state index contributed by atoms with van der Waals surface area (Å²) in [4.78, 5) is 85.0. The Kier molecular flexibility index (Phi) is 21.8. The van der Waals surface area contributed by atoms with E-state index in [9.17, 15) is 50.2 Å². The highest BCUT2D eigenvalue weighted by Crippen LogP contribution is 2.44. The molecule has 25 heteroatoms. The molecule has 4 N–H and O–H groups in total. The Bertz CT molecular complexity index is 3890. The molecule has 3 amide bonds. The van der Waals surface area contributed by atoms with E-state index in [0.717, 1.165) is 42.9 Å².